The molecule has 1 aromatic carbocycles. The summed E-state index contributed by atoms with van der Waals surface area (Å²) in [6.45, 7) is 9.16. The lowest BCUT2D eigenvalue weighted by Crippen LogP contribution is -2.36. The highest BCUT2D eigenvalue weighted by molar-refractivity contribution is 7.89. The van der Waals surface area contributed by atoms with Crippen LogP contribution in [0.3, 0.4) is 0 Å². The summed E-state index contributed by atoms with van der Waals surface area (Å²) in [6, 6.07) is 3.44. The quantitative estimate of drug-likeness (QED) is 0.361. The third-order valence-corrected chi connectivity index (χ3v) is 9.35. The van der Waals surface area contributed by atoms with Gasteiger partial charge in [-0.1, -0.05) is 39.5 Å². The van der Waals surface area contributed by atoms with Crippen LogP contribution in [0.15, 0.2) is 17.0 Å². The fourth-order valence-electron chi connectivity index (χ4n) is 4.93. The van der Waals surface area contributed by atoms with Crippen LogP contribution in [0.25, 0.3) is 0 Å². The highest BCUT2D eigenvalue weighted by Gasteiger charge is 2.26. The number of methoxy groups -OCH3 is 1. The lowest BCUT2D eigenvalue weighted by Gasteiger charge is -2.31. The summed E-state index contributed by atoms with van der Waals surface area (Å²) in [7, 11) is 1.26. The Bertz CT molecular complexity index is 900. The van der Waals surface area contributed by atoms with Crippen LogP contribution in [0.2, 0.25) is 0 Å². The predicted octanol–water partition coefficient (Wildman–Crippen LogP) is 4.65. The van der Waals surface area contributed by atoms with E-state index in [0.717, 1.165) is 18.4 Å². The van der Waals surface area contributed by atoms with E-state index in [1.807, 2.05) is 7.05 Å². The molecule has 0 saturated heterocycles. The number of hydrogen-bond donors (Lipinski definition) is 0. The van der Waals surface area contributed by atoms with Crippen LogP contribution in [0.4, 0.5) is 0 Å². The molecule has 8 heteroatoms. The Labute approximate surface area is 213 Å². The fourth-order valence-corrected chi connectivity index (χ4v) is 6.49. The first-order valence-electron chi connectivity index (χ1n) is 12.9. The lowest BCUT2D eigenvalue weighted by molar-refractivity contribution is -0.135. The first-order valence-corrected chi connectivity index (χ1v) is 14.3. The summed E-state index contributed by atoms with van der Waals surface area (Å²) in [5.41, 5.74) is 1.28. The number of nitrogens with zero attached hydrogens (tertiary/aromatic N) is 2. The van der Waals surface area contributed by atoms with Gasteiger partial charge in [0, 0.05) is 27.2 Å². The molecule has 0 unspecified atom stereocenters. The van der Waals surface area contributed by atoms with Gasteiger partial charge < -0.3 is 14.4 Å². The van der Waals surface area contributed by atoms with Gasteiger partial charge >= 0.3 is 0 Å². The monoisotopic (exact) mass is 510 g/mol. The molecule has 0 bridgehead atoms. The van der Waals surface area contributed by atoms with Crippen molar-refractivity contribution in [3.05, 3.63) is 23.3 Å². The van der Waals surface area contributed by atoms with E-state index >= 15 is 0 Å². The summed E-state index contributed by atoms with van der Waals surface area (Å²) in [5, 5.41) is 0. The van der Waals surface area contributed by atoms with Gasteiger partial charge in [-0.05, 0) is 67.7 Å². The number of carbonyl (C=O) groups is 1. The highest BCUT2D eigenvalue weighted by atomic mass is 32.2. The van der Waals surface area contributed by atoms with E-state index in [9.17, 15) is 13.2 Å². The Morgan fingerprint density at radius 3 is 2.17 bits per heavy atom. The summed E-state index contributed by atoms with van der Waals surface area (Å²) < 4.78 is 38.2. The standard InChI is InChI=1S/C27H46N2O5S/c1-20(2)8-9-23-10-12-24(13-11-23)18-28(5)26(30)19-34-15-14-29(6)35(31,32)27-21(3)16-25(33-7)17-22(27)4/h16-17,20,23-24H,8-15,18-19H2,1-7H3. The van der Waals surface area contributed by atoms with Gasteiger partial charge in [-0.3, -0.25) is 4.79 Å². The second-order valence-corrected chi connectivity index (χ2v) is 12.6. The molecule has 0 spiro atoms. The maximum absolute atomic E-state index is 13.1. The number of rotatable bonds is 13. The van der Waals surface area contributed by atoms with Crippen molar-refractivity contribution in [2.24, 2.45) is 17.8 Å². The summed E-state index contributed by atoms with van der Waals surface area (Å²) in [4.78, 5) is 14.6. The average Bonchev–Trinajstić information content (AvgIpc) is 2.80. The minimum atomic E-state index is -3.67. The van der Waals surface area contributed by atoms with E-state index in [1.165, 1.54) is 49.9 Å². The van der Waals surface area contributed by atoms with Crippen molar-refractivity contribution in [2.45, 2.75) is 71.1 Å². The van der Waals surface area contributed by atoms with Crippen molar-refractivity contribution in [1.82, 2.24) is 9.21 Å². The third kappa shape index (κ3) is 8.76. The Balaban J connectivity index is 1.74. The smallest absolute Gasteiger partial charge is 0.248 e. The largest absolute Gasteiger partial charge is 0.497 e. The SMILES string of the molecule is COc1cc(C)c(S(=O)(=O)N(C)CCOCC(=O)N(C)CC2CCC(CCC(C)C)CC2)c(C)c1. The van der Waals surface area contributed by atoms with E-state index in [-0.39, 0.29) is 30.6 Å². The fraction of sp³-hybridized carbons (Fsp3) is 0.741. The molecule has 7 nitrogen and oxygen atoms in total. The van der Waals surface area contributed by atoms with E-state index in [0.29, 0.717) is 22.8 Å². The highest BCUT2D eigenvalue weighted by Crippen LogP contribution is 2.33. The zero-order chi connectivity index (χ0) is 26.2. The molecule has 1 amide bonds. The van der Waals surface area contributed by atoms with Crippen molar-refractivity contribution < 1.29 is 22.7 Å². The molecule has 1 aliphatic carbocycles. The molecule has 1 aliphatic rings. The molecule has 2 rings (SSSR count). The van der Waals surface area contributed by atoms with Crippen LogP contribution in [0.1, 0.15) is 63.5 Å². The normalized spacial score (nSPS) is 18.8. The first kappa shape index (κ1) is 29.6. The van der Waals surface area contributed by atoms with Gasteiger partial charge in [0.1, 0.15) is 12.4 Å². The molecular formula is C27H46N2O5S. The lowest BCUT2D eigenvalue weighted by atomic mass is 9.79. The zero-order valence-corrected chi connectivity index (χ0v) is 23.6. The number of aryl methyl sites for hydroxylation is 2. The zero-order valence-electron chi connectivity index (χ0n) is 22.8. The maximum Gasteiger partial charge on any atom is 0.248 e. The van der Waals surface area contributed by atoms with E-state index in [1.54, 1.807) is 38.0 Å². The number of carbonyl (C=O) groups excluding carboxylic acids is 1. The summed E-state index contributed by atoms with van der Waals surface area (Å²) in [6.07, 6.45) is 7.55. The van der Waals surface area contributed by atoms with Gasteiger partial charge in [0.25, 0.3) is 0 Å². The molecule has 0 aliphatic heterocycles. The number of sulfonamides is 1. The van der Waals surface area contributed by atoms with Crippen molar-refractivity contribution in [2.75, 3.05) is 47.5 Å². The van der Waals surface area contributed by atoms with Crippen molar-refractivity contribution in [3.63, 3.8) is 0 Å². The molecule has 0 N–H and O–H groups in total. The second kappa shape index (κ2) is 13.6. The van der Waals surface area contributed by atoms with E-state index in [4.69, 9.17) is 9.47 Å². The number of ether oxygens (including phenoxy) is 2. The van der Waals surface area contributed by atoms with Crippen molar-refractivity contribution in [1.29, 1.82) is 0 Å². The molecule has 0 radical (unpaired) electrons. The first-order chi connectivity index (χ1) is 16.4. The number of benzene rings is 1. The molecule has 0 heterocycles. The van der Waals surface area contributed by atoms with Crippen LogP contribution in [-0.2, 0) is 19.6 Å². The van der Waals surface area contributed by atoms with Crippen molar-refractivity contribution >= 4 is 15.9 Å². The number of hydrogen-bond acceptors (Lipinski definition) is 5. The van der Waals surface area contributed by atoms with Gasteiger partial charge in [0.15, 0.2) is 0 Å². The molecular weight excluding hydrogens is 464 g/mol. The van der Waals surface area contributed by atoms with Gasteiger partial charge in [-0.2, -0.15) is 4.31 Å². The van der Waals surface area contributed by atoms with Gasteiger partial charge in [0.05, 0.1) is 18.6 Å². The van der Waals surface area contributed by atoms with E-state index < -0.39 is 10.0 Å². The second-order valence-electron chi connectivity index (χ2n) is 10.6. The molecule has 1 saturated carbocycles. The van der Waals surface area contributed by atoms with E-state index in [2.05, 4.69) is 13.8 Å². The van der Waals surface area contributed by atoms with Gasteiger partial charge in [-0.15, -0.1) is 0 Å². The number of likely N-dealkylation sites (N-methyl/N-ethyl adjacent to an activating group) is 2. The summed E-state index contributed by atoms with van der Waals surface area (Å²) in [5.74, 6) is 2.75. The molecule has 1 fully saturated rings. The predicted molar refractivity (Wildman–Crippen MR) is 140 cm³/mol. The van der Waals surface area contributed by atoms with Gasteiger partial charge in [0.2, 0.25) is 15.9 Å². The Hall–Kier alpha value is -1.64. The molecule has 1 aromatic rings. The molecule has 200 valence electrons. The third-order valence-electron chi connectivity index (χ3n) is 7.19. The molecule has 35 heavy (non-hydrogen) atoms. The van der Waals surface area contributed by atoms with Crippen molar-refractivity contribution in [3.8, 4) is 5.75 Å². The Morgan fingerprint density at radius 1 is 1.06 bits per heavy atom. The minimum absolute atomic E-state index is 0.0330. The Kier molecular flexibility index (Phi) is 11.5. The molecule has 0 aromatic heterocycles. The van der Waals surface area contributed by atoms with Crippen LogP contribution >= 0.6 is 0 Å². The average molecular weight is 511 g/mol. The van der Waals surface area contributed by atoms with Crippen LogP contribution in [-0.4, -0.2) is 71.0 Å². The van der Waals surface area contributed by atoms with Crippen LogP contribution < -0.4 is 4.74 Å². The van der Waals surface area contributed by atoms with Crippen LogP contribution in [0.5, 0.6) is 5.75 Å². The maximum atomic E-state index is 13.1. The topological polar surface area (TPSA) is 76.1 Å². The minimum Gasteiger partial charge on any atom is -0.497 e. The van der Waals surface area contributed by atoms with Crippen LogP contribution in [0, 0.1) is 31.6 Å². The van der Waals surface area contributed by atoms with Gasteiger partial charge in [-0.25, -0.2) is 8.42 Å². The summed E-state index contributed by atoms with van der Waals surface area (Å²) >= 11 is 0. The Morgan fingerprint density at radius 2 is 1.63 bits per heavy atom. The molecule has 0 atom stereocenters. The number of amides is 1.